The van der Waals surface area contributed by atoms with Gasteiger partial charge in [-0.3, -0.25) is 0 Å². The minimum atomic E-state index is -0.306. The van der Waals surface area contributed by atoms with Crippen molar-refractivity contribution in [2.45, 2.75) is 84.7 Å². The predicted octanol–water partition coefficient (Wildman–Crippen LogP) is 6.17. The number of carbonyl (C=O) groups excluding carboxylic acids is 1. The molecule has 1 unspecified atom stereocenters. The van der Waals surface area contributed by atoms with Gasteiger partial charge in [-0.15, -0.1) is 0 Å². The number of hydrogen-bond acceptors (Lipinski definition) is 4. The van der Waals surface area contributed by atoms with Crippen LogP contribution in [0.2, 0.25) is 0 Å². The van der Waals surface area contributed by atoms with Crippen LogP contribution in [0.15, 0.2) is 35.9 Å². The first-order valence-electron chi connectivity index (χ1n) is 10.9. The third kappa shape index (κ3) is 5.88. The summed E-state index contributed by atoms with van der Waals surface area (Å²) in [6.07, 6.45) is 7.93. The van der Waals surface area contributed by atoms with Crippen molar-refractivity contribution in [2.75, 3.05) is 0 Å². The number of carbonyl (C=O) groups is 1. The number of rotatable bonds is 9. The van der Waals surface area contributed by atoms with E-state index in [1.54, 1.807) is 12.1 Å². The maximum absolute atomic E-state index is 12.6. The molecule has 4 heteroatoms. The minimum Gasteiger partial charge on any atom is -0.507 e. The molecule has 0 heterocycles. The summed E-state index contributed by atoms with van der Waals surface area (Å²) in [7, 11) is 0. The lowest BCUT2D eigenvalue weighted by Gasteiger charge is -2.32. The van der Waals surface area contributed by atoms with E-state index < -0.39 is 0 Å². The molecule has 0 spiro atoms. The van der Waals surface area contributed by atoms with Crippen LogP contribution in [0.25, 0.3) is 0 Å². The first-order valence-corrected chi connectivity index (χ1v) is 10.9. The van der Waals surface area contributed by atoms with E-state index in [9.17, 15) is 15.0 Å². The van der Waals surface area contributed by atoms with Crippen molar-refractivity contribution in [1.29, 1.82) is 0 Å². The van der Waals surface area contributed by atoms with E-state index in [4.69, 9.17) is 4.74 Å². The summed E-state index contributed by atoms with van der Waals surface area (Å²) in [6.45, 7) is 12.1. The van der Waals surface area contributed by atoms with Crippen molar-refractivity contribution in [3.8, 4) is 11.5 Å². The van der Waals surface area contributed by atoms with Crippen LogP contribution >= 0.6 is 0 Å². The number of phenolic OH excluding ortho intramolecular Hbond substituents is 2. The molecule has 3 atom stereocenters. The van der Waals surface area contributed by atoms with Crippen molar-refractivity contribution in [2.24, 2.45) is 5.92 Å². The van der Waals surface area contributed by atoms with Gasteiger partial charge in [0.15, 0.2) is 0 Å². The third-order valence-corrected chi connectivity index (χ3v) is 5.92. The Morgan fingerprint density at radius 2 is 1.90 bits per heavy atom. The summed E-state index contributed by atoms with van der Waals surface area (Å²) < 4.78 is 5.50. The van der Waals surface area contributed by atoms with E-state index in [-0.39, 0.29) is 35.4 Å². The van der Waals surface area contributed by atoms with Crippen LogP contribution in [0, 0.1) is 5.92 Å². The zero-order chi connectivity index (χ0) is 21.6. The summed E-state index contributed by atoms with van der Waals surface area (Å²) in [4.78, 5) is 12.6. The number of esters is 1. The molecule has 0 bridgehead atoms. The molecule has 29 heavy (non-hydrogen) atoms. The Morgan fingerprint density at radius 3 is 2.45 bits per heavy atom. The van der Waals surface area contributed by atoms with Gasteiger partial charge in [0.05, 0.1) is 6.10 Å². The average Bonchev–Trinajstić information content (AvgIpc) is 2.67. The highest BCUT2D eigenvalue weighted by Crippen LogP contribution is 2.46. The highest BCUT2D eigenvalue weighted by molar-refractivity contribution is 5.89. The van der Waals surface area contributed by atoms with Gasteiger partial charge in [0.1, 0.15) is 11.5 Å². The second-order valence-corrected chi connectivity index (χ2v) is 8.34. The fraction of sp³-hybridized carbons (Fsp3) is 0.560. The van der Waals surface area contributed by atoms with Crippen LogP contribution in [0.1, 0.15) is 83.3 Å². The zero-order valence-electron chi connectivity index (χ0n) is 18.3. The molecular weight excluding hydrogens is 364 g/mol. The standard InChI is InChI=1S/C25H36O4/c1-6-8-9-10-18-13-22(26)24(23(27)14-18)21-15-19(11-12-20(21)16(3)4)25(28)29-17(5)7-2/h13-15,17,20-21,26-27H,3,6-12H2,1-2,4-5H3/t17?,20-,21+/m0/s1. The molecule has 0 aliphatic heterocycles. The molecule has 1 aromatic rings. The quantitative estimate of drug-likeness (QED) is 0.295. The molecule has 2 N–H and O–H groups in total. The zero-order valence-corrected chi connectivity index (χ0v) is 18.3. The summed E-state index contributed by atoms with van der Waals surface area (Å²) >= 11 is 0. The predicted molar refractivity (Wildman–Crippen MR) is 117 cm³/mol. The lowest BCUT2D eigenvalue weighted by molar-refractivity contribution is -0.143. The van der Waals surface area contributed by atoms with Crippen LogP contribution < -0.4 is 0 Å². The van der Waals surface area contributed by atoms with Crippen LogP contribution in [-0.4, -0.2) is 22.3 Å². The van der Waals surface area contributed by atoms with Crippen molar-refractivity contribution in [3.63, 3.8) is 0 Å². The van der Waals surface area contributed by atoms with Crippen LogP contribution in [-0.2, 0) is 16.0 Å². The number of phenols is 2. The van der Waals surface area contributed by atoms with Crippen LogP contribution in [0.3, 0.4) is 0 Å². The molecular formula is C25H36O4. The molecule has 1 aromatic carbocycles. The monoisotopic (exact) mass is 400 g/mol. The van der Waals surface area contributed by atoms with Crippen molar-refractivity contribution >= 4 is 5.97 Å². The molecule has 2 rings (SSSR count). The molecule has 0 fully saturated rings. The van der Waals surface area contributed by atoms with E-state index in [0.717, 1.165) is 49.7 Å². The average molecular weight is 401 g/mol. The molecule has 0 saturated carbocycles. The second-order valence-electron chi connectivity index (χ2n) is 8.34. The third-order valence-electron chi connectivity index (χ3n) is 5.92. The number of benzene rings is 1. The largest absolute Gasteiger partial charge is 0.507 e. The molecule has 0 radical (unpaired) electrons. The number of aromatic hydroxyl groups is 2. The topological polar surface area (TPSA) is 66.8 Å². The molecule has 1 aliphatic carbocycles. The SMILES string of the molecule is C=C(C)[C@@H]1CCC(C(=O)OC(C)CC)=C[C@H]1c1c(O)cc(CCCCC)cc1O. The highest BCUT2D eigenvalue weighted by Gasteiger charge is 2.33. The van der Waals surface area contributed by atoms with Crippen LogP contribution in [0.5, 0.6) is 11.5 Å². The molecule has 0 saturated heterocycles. The normalized spacial score (nSPS) is 20.1. The number of ether oxygens (including phenoxy) is 1. The van der Waals surface area contributed by atoms with E-state index in [2.05, 4.69) is 13.5 Å². The first-order chi connectivity index (χ1) is 13.8. The Hall–Kier alpha value is -2.23. The summed E-state index contributed by atoms with van der Waals surface area (Å²) in [5.74, 6) is -0.385. The van der Waals surface area contributed by atoms with Gasteiger partial charge in [-0.05, 0) is 69.6 Å². The Labute approximate surface area is 175 Å². The van der Waals surface area contributed by atoms with Gasteiger partial charge in [-0.1, -0.05) is 44.9 Å². The lowest BCUT2D eigenvalue weighted by Crippen LogP contribution is -2.23. The minimum absolute atomic E-state index is 0.0536. The van der Waals surface area contributed by atoms with Crippen molar-refractivity contribution in [3.05, 3.63) is 47.1 Å². The summed E-state index contributed by atoms with van der Waals surface area (Å²) in [5.41, 5.74) is 3.00. The maximum Gasteiger partial charge on any atom is 0.333 e. The molecule has 160 valence electrons. The Kier molecular flexibility index (Phi) is 8.36. The van der Waals surface area contributed by atoms with Crippen LogP contribution in [0.4, 0.5) is 0 Å². The number of allylic oxidation sites excluding steroid dienone is 2. The van der Waals surface area contributed by atoms with Gasteiger partial charge in [-0.25, -0.2) is 4.79 Å². The smallest absolute Gasteiger partial charge is 0.333 e. The first kappa shape index (κ1) is 23.1. The van der Waals surface area contributed by atoms with Gasteiger partial charge in [0, 0.05) is 17.1 Å². The van der Waals surface area contributed by atoms with Gasteiger partial charge < -0.3 is 14.9 Å². The number of hydrogen-bond donors (Lipinski definition) is 2. The lowest BCUT2D eigenvalue weighted by atomic mass is 9.73. The van der Waals surface area contributed by atoms with E-state index in [1.165, 1.54) is 0 Å². The Bertz CT molecular complexity index is 739. The summed E-state index contributed by atoms with van der Waals surface area (Å²) in [6, 6.07) is 3.50. The van der Waals surface area contributed by atoms with E-state index in [0.29, 0.717) is 17.6 Å². The number of aryl methyl sites for hydroxylation is 1. The molecule has 0 amide bonds. The fourth-order valence-corrected chi connectivity index (χ4v) is 4.00. The van der Waals surface area contributed by atoms with Gasteiger partial charge in [0.25, 0.3) is 0 Å². The Morgan fingerprint density at radius 1 is 1.24 bits per heavy atom. The van der Waals surface area contributed by atoms with Gasteiger partial charge in [0.2, 0.25) is 0 Å². The van der Waals surface area contributed by atoms with Crippen molar-refractivity contribution < 1.29 is 19.7 Å². The molecule has 0 aromatic heterocycles. The molecule has 4 nitrogen and oxygen atoms in total. The maximum atomic E-state index is 12.6. The van der Waals surface area contributed by atoms with Gasteiger partial charge >= 0.3 is 5.97 Å². The summed E-state index contributed by atoms with van der Waals surface area (Å²) in [5, 5.41) is 21.5. The fourth-order valence-electron chi connectivity index (χ4n) is 4.00. The number of unbranched alkanes of at least 4 members (excludes halogenated alkanes) is 2. The molecule has 1 aliphatic rings. The van der Waals surface area contributed by atoms with Gasteiger partial charge in [-0.2, -0.15) is 0 Å². The second kappa shape index (κ2) is 10.5. The van der Waals surface area contributed by atoms with Crippen molar-refractivity contribution in [1.82, 2.24) is 0 Å². The van der Waals surface area contributed by atoms with E-state index in [1.807, 2.05) is 26.8 Å². The highest BCUT2D eigenvalue weighted by atomic mass is 16.5. The van der Waals surface area contributed by atoms with E-state index >= 15 is 0 Å². The Balaban J connectivity index is 2.37.